The molecule has 0 unspecified atom stereocenters. The maximum Gasteiger partial charge on any atom is 0.271 e. The predicted molar refractivity (Wildman–Crippen MR) is 97.9 cm³/mol. The first-order valence-corrected chi connectivity index (χ1v) is 7.89. The summed E-state index contributed by atoms with van der Waals surface area (Å²) in [6, 6.07) is 21.6. The lowest BCUT2D eigenvalue weighted by atomic mass is 10.1. The number of hydrogen-bond donors (Lipinski definition) is 0. The third-order valence-corrected chi connectivity index (χ3v) is 4.35. The SMILES string of the molecule is O=c1c2ccccc2n(Cc2ccccc2)c2cc([N+](=O)[O-])ccc12. The van der Waals surface area contributed by atoms with Crippen LogP contribution in [0.4, 0.5) is 5.69 Å². The number of nitrogens with zero attached hydrogens (tertiary/aromatic N) is 2. The van der Waals surface area contributed by atoms with Crippen LogP contribution >= 0.6 is 0 Å². The summed E-state index contributed by atoms with van der Waals surface area (Å²) >= 11 is 0. The summed E-state index contributed by atoms with van der Waals surface area (Å²) in [4.78, 5) is 23.5. The summed E-state index contributed by atoms with van der Waals surface area (Å²) in [5.41, 5.74) is 2.27. The van der Waals surface area contributed by atoms with Crippen molar-refractivity contribution in [1.29, 1.82) is 0 Å². The van der Waals surface area contributed by atoms with Gasteiger partial charge in [0.1, 0.15) is 0 Å². The second-order valence-electron chi connectivity index (χ2n) is 5.88. The highest BCUT2D eigenvalue weighted by molar-refractivity contribution is 5.94. The number of non-ortho nitro benzene ring substituents is 1. The Labute approximate surface area is 142 Å². The molecule has 0 atom stereocenters. The monoisotopic (exact) mass is 330 g/mol. The van der Waals surface area contributed by atoms with Gasteiger partial charge in [-0.1, -0.05) is 42.5 Å². The normalized spacial score (nSPS) is 11.0. The standard InChI is InChI=1S/C20H14N2O3/c23-20-16-8-4-5-9-18(16)21(13-14-6-2-1-3-7-14)19-12-15(22(24)25)10-11-17(19)20/h1-12H,13H2. The van der Waals surface area contributed by atoms with Gasteiger partial charge in [-0.25, -0.2) is 0 Å². The first kappa shape index (κ1) is 15.1. The van der Waals surface area contributed by atoms with Crippen LogP contribution in [0.2, 0.25) is 0 Å². The van der Waals surface area contributed by atoms with Gasteiger partial charge in [-0.3, -0.25) is 14.9 Å². The summed E-state index contributed by atoms with van der Waals surface area (Å²) in [5, 5.41) is 12.3. The summed E-state index contributed by atoms with van der Waals surface area (Å²) in [5.74, 6) is 0. The maximum absolute atomic E-state index is 12.8. The Morgan fingerprint density at radius 3 is 2.28 bits per heavy atom. The summed E-state index contributed by atoms with van der Waals surface area (Å²) in [7, 11) is 0. The number of para-hydroxylation sites is 1. The Balaban J connectivity index is 2.10. The minimum absolute atomic E-state index is 0.0241. The molecule has 0 amide bonds. The molecule has 0 aliphatic rings. The van der Waals surface area contributed by atoms with Crippen molar-refractivity contribution in [3.63, 3.8) is 0 Å². The molecular formula is C20H14N2O3. The van der Waals surface area contributed by atoms with Crippen molar-refractivity contribution >= 4 is 27.5 Å². The fraction of sp³-hybridized carbons (Fsp3) is 0.0500. The van der Waals surface area contributed by atoms with E-state index in [4.69, 9.17) is 0 Å². The Bertz CT molecular complexity index is 1160. The third kappa shape index (κ3) is 2.55. The number of rotatable bonds is 3. The first-order valence-electron chi connectivity index (χ1n) is 7.89. The molecule has 1 heterocycles. The fourth-order valence-corrected chi connectivity index (χ4v) is 3.16. The van der Waals surface area contributed by atoms with Crippen LogP contribution in [0, 0.1) is 10.1 Å². The van der Waals surface area contributed by atoms with Crippen LogP contribution in [0.3, 0.4) is 0 Å². The maximum atomic E-state index is 12.8. The lowest BCUT2D eigenvalue weighted by Crippen LogP contribution is -2.12. The van der Waals surface area contributed by atoms with Crippen molar-refractivity contribution in [2.75, 3.05) is 0 Å². The highest BCUT2D eigenvalue weighted by Crippen LogP contribution is 2.24. The van der Waals surface area contributed by atoms with Crippen molar-refractivity contribution in [3.05, 3.63) is 98.7 Å². The number of hydrogen-bond acceptors (Lipinski definition) is 3. The molecule has 5 nitrogen and oxygen atoms in total. The molecule has 4 aromatic rings. The molecule has 122 valence electrons. The van der Waals surface area contributed by atoms with E-state index < -0.39 is 4.92 Å². The van der Waals surface area contributed by atoms with Gasteiger partial charge in [0.2, 0.25) is 0 Å². The molecule has 0 spiro atoms. The molecule has 0 bridgehead atoms. The van der Waals surface area contributed by atoms with E-state index in [0.29, 0.717) is 22.8 Å². The molecule has 4 rings (SSSR count). The van der Waals surface area contributed by atoms with E-state index in [1.165, 1.54) is 12.1 Å². The van der Waals surface area contributed by atoms with Gasteiger partial charge < -0.3 is 4.57 Å². The van der Waals surface area contributed by atoms with Crippen LogP contribution in [0.5, 0.6) is 0 Å². The Morgan fingerprint density at radius 2 is 1.52 bits per heavy atom. The van der Waals surface area contributed by atoms with E-state index >= 15 is 0 Å². The zero-order valence-electron chi connectivity index (χ0n) is 13.3. The lowest BCUT2D eigenvalue weighted by Gasteiger charge is -2.15. The Kier molecular flexibility index (Phi) is 3.54. The Morgan fingerprint density at radius 1 is 0.840 bits per heavy atom. The highest BCUT2D eigenvalue weighted by Gasteiger charge is 2.14. The van der Waals surface area contributed by atoms with Gasteiger partial charge in [-0.15, -0.1) is 0 Å². The van der Waals surface area contributed by atoms with Crippen molar-refractivity contribution in [1.82, 2.24) is 4.57 Å². The minimum Gasteiger partial charge on any atom is -0.336 e. The highest BCUT2D eigenvalue weighted by atomic mass is 16.6. The summed E-state index contributed by atoms with van der Waals surface area (Å²) in [6.45, 7) is 0.527. The van der Waals surface area contributed by atoms with Gasteiger partial charge in [0.05, 0.1) is 16.0 Å². The molecule has 25 heavy (non-hydrogen) atoms. The van der Waals surface area contributed by atoms with Crippen LogP contribution in [-0.2, 0) is 6.54 Å². The van der Waals surface area contributed by atoms with E-state index in [1.807, 2.05) is 53.1 Å². The minimum atomic E-state index is -0.439. The largest absolute Gasteiger partial charge is 0.336 e. The topological polar surface area (TPSA) is 65.1 Å². The zero-order chi connectivity index (χ0) is 17.4. The van der Waals surface area contributed by atoms with Crippen LogP contribution in [0.1, 0.15) is 5.56 Å². The molecule has 0 radical (unpaired) electrons. The summed E-state index contributed by atoms with van der Waals surface area (Å²) in [6.07, 6.45) is 0. The number of nitro groups is 1. The average Bonchev–Trinajstić information content (AvgIpc) is 2.65. The molecule has 0 aliphatic heterocycles. The molecule has 0 N–H and O–H groups in total. The molecule has 0 saturated carbocycles. The zero-order valence-corrected chi connectivity index (χ0v) is 13.3. The number of fused-ring (bicyclic) bond motifs is 2. The third-order valence-electron chi connectivity index (χ3n) is 4.35. The first-order chi connectivity index (χ1) is 12.1. The van der Waals surface area contributed by atoms with Crippen LogP contribution in [-0.4, -0.2) is 9.49 Å². The van der Waals surface area contributed by atoms with E-state index in [1.54, 1.807) is 12.1 Å². The second kappa shape index (κ2) is 5.87. The fourth-order valence-electron chi connectivity index (χ4n) is 3.16. The van der Waals surface area contributed by atoms with Gasteiger partial charge >= 0.3 is 0 Å². The van der Waals surface area contributed by atoms with E-state index in [-0.39, 0.29) is 11.1 Å². The molecule has 0 aliphatic carbocycles. The van der Waals surface area contributed by atoms with E-state index in [0.717, 1.165) is 11.1 Å². The van der Waals surface area contributed by atoms with Gasteiger partial charge in [0.25, 0.3) is 5.69 Å². The average molecular weight is 330 g/mol. The summed E-state index contributed by atoms with van der Waals surface area (Å²) < 4.78 is 1.97. The van der Waals surface area contributed by atoms with Gasteiger partial charge in [0.15, 0.2) is 5.43 Å². The van der Waals surface area contributed by atoms with Crippen LogP contribution < -0.4 is 5.43 Å². The smallest absolute Gasteiger partial charge is 0.271 e. The molecule has 0 fully saturated rings. The van der Waals surface area contributed by atoms with Gasteiger partial charge in [-0.05, 0) is 23.8 Å². The van der Waals surface area contributed by atoms with Crippen molar-refractivity contribution in [2.24, 2.45) is 0 Å². The van der Waals surface area contributed by atoms with Crippen LogP contribution in [0.15, 0.2) is 77.6 Å². The molecule has 1 aromatic heterocycles. The lowest BCUT2D eigenvalue weighted by molar-refractivity contribution is -0.384. The number of pyridine rings is 1. The number of nitro benzene ring substituents is 1. The molecular weight excluding hydrogens is 316 g/mol. The van der Waals surface area contributed by atoms with E-state index in [9.17, 15) is 14.9 Å². The van der Waals surface area contributed by atoms with Gasteiger partial charge in [-0.2, -0.15) is 0 Å². The quantitative estimate of drug-likeness (QED) is 0.322. The van der Waals surface area contributed by atoms with E-state index in [2.05, 4.69) is 0 Å². The molecule has 0 saturated heterocycles. The molecule has 5 heteroatoms. The number of benzene rings is 3. The predicted octanol–water partition coefficient (Wildman–Crippen LogP) is 4.11. The van der Waals surface area contributed by atoms with Crippen LogP contribution in [0.25, 0.3) is 21.8 Å². The Hall–Kier alpha value is -3.47. The van der Waals surface area contributed by atoms with Crippen molar-refractivity contribution < 1.29 is 4.92 Å². The van der Waals surface area contributed by atoms with Crippen molar-refractivity contribution in [3.8, 4) is 0 Å². The molecule has 3 aromatic carbocycles. The van der Waals surface area contributed by atoms with Crippen molar-refractivity contribution in [2.45, 2.75) is 6.54 Å². The van der Waals surface area contributed by atoms with Gasteiger partial charge in [0, 0.05) is 29.4 Å². The second-order valence-corrected chi connectivity index (χ2v) is 5.88. The number of aromatic nitrogens is 1.